The molecule has 0 aliphatic rings. The first-order chi connectivity index (χ1) is 16.6. The Labute approximate surface area is 193 Å². The van der Waals surface area contributed by atoms with Crippen LogP contribution in [0.25, 0.3) is 59.2 Å². The van der Waals surface area contributed by atoms with Crippen molar-refractivity contribution in [3.05, 3.63) is 106 Å². The van der Waals surface area contributed by atoms with Crippen molar-refractivity contribution in [3.63, 3.8) is 0 Å². The number of halogens is 1. The maximum Gasteiger partial charge on any atom is 0.206 e. The smallest absolute Gasteiger partial charge is 0.206 e. The van der Waals surface area contributed by atoms with E-state index in [0.29, 0.717) is 16.1 Å². The van der Waals surface area contributed by atoms with Gasteiger partial charge >= 0.3 is 0 Å². The maximum atomic E-state index is 14.0. The summed E-state index contributed by atoms with van der Waals surface area (Å²) in [6.45, 7) is 9.47. The zero-order valence-corrected chi connectivity index (χ0v) is 18.1. The van der Waals surface area contributed by atoms with Crippen LogP contribution in [0.2, 0.25) is 0 Å². The van der Waals surface area contributed by atoms with Crippen LogP contribution >= 0.6 is 0 Å². The molecule has 0 spiro atoms. The molecule has 4 nitrogen and oxygen atoms in total. The lowest BCUT2D eigenvalue weighted by Crippen LogP contribution is -1.99. The molecule has 0 saturated heterocycles. The van der Waals surface area contributed by atoms with Gasteiger partial charge in [0, 0.05) is 21.5 Å². The Morgan fingerprint density at radius 1 is 0.706 bits per heavy atom. The second-order valence-corrected chi connectivity index (χ2v) is 8.37. The SMILES string of the molecule is [C-]#[N+]/N=c1\c2cc(-c3ccc(C)cc3)ccc2c2cc3/c(=N/C#N)c4cc(F)ccc4c3cc12. The van der Waals surface area contributed by atoms with Gasteiger partial charge in [-0.15, -0.1) is 4.95 Å². The molecule has 0 heterocycles. The third kappa shape index (κ3) is 2.81. The number of hydrogen-bond donors (Lipinski definition) is 0. The van der Waals surface area contributed by atoms with Gasteiger partial charge in [0.25, 0.3) is 0 Å². The van der Waals surface area contributed by atoms with Crippen molar-refractivity contribution >= 4 is 43.1 Å². The van der Waals surface area contributed by atoms with Crippen molar-refractivity contribution < 1.29 is 4.39 Å². The normalized spacial score (nSPS) is 12.7. The summed E-state index contributed by atoms with van der Waals surface area (Å²) in [6.07, 6.45) is 1.86. The first kappa shape index (κ1) is 19.8. The van der Waals surface area contributed by atoms with E-state index >= 15 is 0 Å². The largest absolute Gasteiger partial charge is 0.207 e. The number of nitrogens with zero attached hydrogens (tertiary/aromatic N) is 4. The van der Waals surface area contributed by atoms with E-state index in [4.69, 9.17) is 6.57 Å². The predicted octanol–water partition coefficient (Wildman–Crippen LogP) is 6.41. The summed E-state index contributed by atoms with van der Waals surface area (Å²) >= 11 is 0. The van der Waals surface area contributed by atoms with Gasteiger partial charge in [-0.2, -0.15) is 16.8 Å². The number of rotatable bonds is 1. The van der Waals surface area contributed by atoms with Crippen molar-refractivity contribution in [1.29, 1.82) is 5.26 Å². The van der Waals surface area contributed by atoms with Gasteiger partial charge in [-0.05, 0) is 69.9 Å². The van der Waals surface area contributed by atoms with Crippen LogP contribution in [-0.2, 0) is 0 Å². The number of nitriles is 1. The zero-order valence-electron chi connectivity index (χ0n) is 18.1. The summed E-state index contributed by atoms with van der Waals surface area (Å²) in [5.41, 5.74) is 3.33. The standard InChI is InChI=1S/C29H15FN4/c1-16-3-5-17(6-4-16)18-7-9-20-23-13-26-22(14-27(23)29(34-32-2)24(20)11-18)21-10-8-19(30)12-25(21)28(26)33-15-31/h3-14H,1H3/b33-28+,34-29+. The summed E-state index contributed by atoms with van der Waals surface area (Å²) in [7, 11) is 0. The Bertz CT molecular complexity index is 1990. The summed E-state index contributed by atoms with van der Waals surface area (Å²) in [4.78, 5) is 7.37. The van der Waals surface area contributed by atoms with Crippen LogP contribution in [0, 0.1) is 30.8 Å². The molecule has 0 atom stereocenters. The van der Waals surface area contributed by atoms with Crippen LogP contribution in [0.4, 0.5) is 4.39 Å². The van der Waals surface area contributed by atoms with E-state index < -0.39 is 0 Å². The average Bonchev–Trinajstić information content (AvgIpc) is 3.30. The molecule has 0 saturated carbocycles. The molecule has 158 valence electrons. The number of hydrogen-bond acceptors (Lipinski definition) is 3. The molecule has 34 heavy (non-hydrogen) atoms. The summed E-state index contributed by atoms with van der Waals surface area (Å²) in [6, 6.07) is 23.0. The minimum atomic E-state index is -0.381. The van der Waals surface area contributed by atoms with E-state index in [2.05, 4.69) is 58.4 Å². The van der Waals surface area contributed by atoms with Crippen molar-refractivity contribution in [2.75, 3.05) is 0 Å². The van der Waals surface area contributed by atoms with Crippen LogP contribution in [0.5, 0.6) is 0 Å². The zero-order chi connectivity index (χ0) is 23.4. The molecular formula is C29H15FN4. The number of fused-ring (bicyclic) bond motifs is 6. The van der Waals surface area contributed by atoms with Crippen LogP contribution < -0.4 is 10.7 Å². The highest BCUT2D eigenvalue weighted by atomic mass is 19.1. The lowest BCUT2D eigenvalue weighted by atomic mass is 10.0. The second kappa shape index (κ2) is 7.33. The molecular weight excluding hydrogens is 423 g/mol. The highest BCUT2D eigenvalue weighted by molar-refractivity contribution is 6.21. The highest BCUT2D eigenvalue weighted by Gasteiger charge is 2.17. The summed E-state index contributed by atoms with van der Waals surface area (Å²) in [5, 5.41) is 21.2. The molecule has 6 aromatic carbocycles. The molecule has 0 amide bonds. The quantitative estimate of drug-likeness (QED) is 0.166. The molecule has 0 unspecified atom stereocenters. The maximum absolute atomic E-state index is 14.0. The van der Waals surface area contributed by atoms with Gasteiger partial charge < -0.3 is 0 Å². The summed E-state index contributed by atoms with van der Waals surface area (Å²) in [5.74, 6) is -0.381. The minimum absolute atomic E-state index is 0.381. The fourth-order valence-corrected chi connectivity index (χ4v) is 4.90. The van der Waals surface area contributed by atoms with Gasteiger partial charge in [0.1, 0.15) is 5.82 Å². The first-order valence-corrected chi connectivity index (χ1v) is 10.7. The third-order valence-electron chi connectivity index (χ3n) is 6.46. The molecule has 0 radical (unpaired) electrons. The second-order valence-electron chi connectivity index (χ2n) is 8.37. The molecule has 0 bridgehead atoms. The lowest BCUT2D eigenvalue weighted by Gasteiger charge is -2.03. The van der Waals surface area contributed by atoms with E-state index in [1.807, 2.05) is 24.4 Å². The van der Waals surface area contributed by atoms with Gasteiger partial charge in [0.15, 0.2) is 5.36 Å². The fraction of sp³-hybridized carbons (Fsp3) is 0.0345. The van der Waals surface area contributed by atoms with Crippen molar-refractivity contribution in [2.24, 2.45) is 10.1 Å². The Kier molecular flexibility index (Phi) is 4.27. The van der Waals surface area contributed by atoms with Gasteiger partial charge in [-0.3, -0.25) is 0 Å². The van der Waals surface area contributed by atoms with Gasteiger partial charge in [-0.1, -0.05) is 48.0 Å². The number of benzene rings is 4. The topological polar surface area (TPSA) is 52.9 Å². The predicted molar refractivity (Wildman–Crippen MR) is 132 cm³/mol. The summed E-state index contributed by atoms with van der Waals surface area (Å²) < 4.78 is 14.0. The molecule has 6 aromatic rings. The van der Waals surface area contributed by atoms with Crippen LogP contribution in [0.15, 0.2) is 82.9 Å². The van der Waals surface area contributed by atoms with Gasteiger partial charge in [0.05, 0.1) is 10.5 Å². The van der Waals surface area contributed by atoms with E-state index in [1.54, 1.807) is 6.07 Å². The van der Waals surface area contributed by atoms with Crippen molar-refractivity contribution in [2.45, 2.75) is 6.92 Å². The van der Waals surface area contributed by atoms with Gasteiger partial charge in [-0.25, -0.2) is 4.39 Å². The minimum Gasteiger partial charge on any atom is -0.207 e. The Hall–Kier alpha value is -4.87. The average molecular weight is 438 g/mol. The molecule has 0 aliphatic carbocycles. The Balaban J connectivity index is 1.77. The van der Waals surface area contributed by atoms with E-state index in [1.165, 1.54) is 17.7 Å². The van der Waals surface area contributed by atoms with E-state index in [9.17, 15) is 9.65 Å². The molecule has 0 N–H and O–H groups in total. The van der Waals surface area contributed by atoms with Crippen molar-refractivity contribution in [3.8, 4) is 17.3 Å². The monoisotopic (exact) mass is 438 g/mol. The molecule has 5 heteroatoms. The molecule has 0 aromatic heterocycles. The van der Waals surface area contributed by atoms with Crippen LogP contribution in [0.1, 0.15) is 5.56 Å². The van der Waals surface area contributed by atoms with E-state index in [0.717, 1.165) is 48.8 Å². The Morgan fingerprint density at radius 2 is 1.29 bits per heavy atom. The van der Waals surface area contributed by atoms with Gasteiger partial charge in [0.2, 0.25) is 6.19 Å². The molecule has 0 aliphatic heterocycles. The molecule has 0 fully saturated rings. The first-order valence-electron chi connectivity index (χ1n) is 10.7. The van der Waals surface area contributed by atoms with Crippen LogP contribution in [-0.4, -0.2) is 0 Å². The number of aryl methyl sites for hydroxylation is 1. The third-order valence-corrected chi connectivity index (χ3v) is 6.46. The Morgan fingerprint density at radius 3 is 1.97 bits per heavy atom. The van der Waals surface area contributed by atoms with E-state index in [-0.39, 0.29) is 5.82 Å². The fourth-order valence-electron chi connectivity index (χ4n) is 4.90. The highest BCUT2D eigenvalue weighted by Crippen LogP contribution is 2.34. The molecule has 6 rings (SSSR count). The lowest BCUT2D eigenvalue weighted by molar-refractivity contribution is 0.629. The van der Waals surface area contributed by atoms with Crippen LogP contribution in [0.3, 0.4) is 0 Å². The van der Waals surface area contributed by atoms with Crippen molar-refractivity contribution in [1.82, 2.24) is 0 Å².